The summed E-state index contributed by atoms with van der Waals surface area (Å²) in [4.78, 5) is 4.74. The van der Waals surface area contributed by atoms with E-state index >= 15 is 8.78 Å². The molecule has 0 bridgehead atoms. The summed E-state index contributed by atoms with van der Waals surface area (Å²) in [5.74, 6) is -7.96. The Labute approximate surface area is 173 Å². The van der Waals surface area contributed by atoms with Crippen molar-refractivity contribution in [2.45, 2.75) is 18.4 Å². The zero-order chi connectivity index (χ0) is 22.0. The van der Waals surface area contributed by atoms with Gasteiger partial charge in [0.25, 0.3) is 5.92 Å². The summed E-state index contributed by atoms with van der Waals surface area (Å²) in [7, 11) is 0. The van der Waals surface area contributed by atoms with Gasteiger partial charge in [-0.3, -0.25) is 4.98 Å². The van der Waals surface area contributed by atoms with Crippen LogP contribution in [0.1, 0.15) is 17.2 Å². The molecule has 0 fully saturated rings. The van der Waals surface area contributed by atoms with Crippen molar-refractivity contribution in [3.05, 3.63) is 95.8 Å². The minimum atomic E-state index is -3.67. The molecule has 0 aliphatic heterocycles. The highest BCUT2D eigenvalue weighted by Crippen LogP contribution is 2.43. The van der Waals surface area contributed by atoms with Crippen LogP contribution in [0.15, 0.2) is 67.1 Å². The maximum absolute atomic E-state index is 15.5. The molecule has 2 heterocycles. The highest BCUT2D eigenvalue weighted by molar-refractivity contribution is 5.62. The fourth-order valence-electron chi connectivity index (χ4n) is 3.24. The van der Waals surface area contributed by atoms with Crippen LogP contribution < -0.4 is 0 Å². The van der Waals surface area contributed by atoms with Gasteiger partial charge < -0.3 is 0 Å². The van der Waals surface area contributed by atoms with E-state index in [9.17, 15) is 13.2 Å². The lowest BCUT2D eigenvalue weighted by atomic mass is 9.89. The lowest BCUT2D eigenvalue weighted by molar-refractivity contribution is -0.0465. The second-order valence-electron chi connectivity index (χ2n) is 6.77. The van der Waals surface area contributed by atoms with Crippen LogP contribution in [-0.2, 0) is 12.5 Å². The van der Waals surface area contributed by atoms with Gasteiger partial charge in [-0.1, -0.05) is 24.3 Å². The molecule has 0 saturated carbocycles. The van der Waals surface area contributed by atoms with E-state index in [1.54, 1.807) is 6.07 Å². The molecule has 4 aromatic rings. The maximum atomic E-state index is 15.5. The lowest BCUT2D eigenvalue weighted by Gasteiger charge is -2.27. The molecule has 10 heteroatoms. The number of halogens is 5. The zero-order valence-corrected chi connectivity index (χ0v) is 15.8. The summed E-state index contributed by atoms with van der Waals surface area (Å²) in [6, 6.07) is 10.5. The molecule has 31 heavy (non-hydrogen) atoms. The van der Waals surface area contributed by atoms with Crippen molar-refractivity contribution < 1.29 is 22.0 Å². The van der Waals surface area contributed by atoms with E-state index in [-0.39, 0.29) is 0 Å². The summed E-state index contributed by atoms with van der Waals surface area (Å²) < 4.78 is 72.2. The lowest BCUT2D eigenvalue weighted by Crippen LogP contribution is -2.30. The summed E-state index contributed by atoms with van der Waals surface area (Å²) in [6.45, 7) is -0.525. The van der Waals surface area contributed by atoms with Gasteiger partial charge in [-0.05, 0) is 40.6 Å². The number of pyridine rings is 1. The Morgan fingerprint density at radius 2 is 1.71 bits per heavy atom. The van der Waals surface area contributed by atoms with E-state index in [1.807, 2.05) is 0 Å². The number of hydrogen-bond donors (Lipinski definition) is 0. The van der Waals surface area contributed by atoms with Crippen LogP contribution >= 0.6 is 0 Å². The monoisotopic (exact) mass is 431 g/mol. The van der Waals surface area contributed by atoms with Crippen molar-refractivity contribution in [1.29, 1.82) is 0 Å². The predicted octanol–water partition coefficient (Wildman–Crippen LogP) is 4.73. The highest BCUT2D eigenvalue weighted by atomic mass is 19.3. The normalized spacial score (nSPS) is 12.7. The Morgan fingerprint density at radius 3 is 2.35 bits per heavy atom. The molecule has 5 nitrogen and oxygen atoms in total. The van der Waals surface area contributed by atoms with Crippen molar-refractivity contribution in [1.82, 2.24) is 25.2 Å². The summed E-state index contributed by atoms with van der Waals surface area (Å²) in [5, 5.41) is 10.7. The van der Waals surface area contributed by atoms with Gasteiger partial charge >= 0.3 is 0 Å². The fourth-order valence-corrected chi connectivity index (χ4v) is 3.24. The molecule has 0 aliphatic carbocycles. The second kappa shape index (κ2) is 8.21. The van der Waals surface area contributed by atoms with Gasteiger partial charge in [-0.25, -0.2) is 13.2 Å². The summed E-state index contributed by atoms with van der Waals surface area (Å²) in [6.07, 6.45) is 2.24. The van der Waals surface area contributed by atoms with Gasteiger partial charge in [-0.2, -0.15) is 13.6 Å². The van der Waals surface area contributed by atoms with Crippen LogP contribution in [0.3, 0.4) is 0 Å². The van der Waals surface area contributed by atoms with Crippen LogP contribution in [0.4, 0.5) is 22.0 Å². The molecule has 4 rings (SSSR count). The number of rotatable bonds is 6. The van der Waals surface area contributed by atoms with E-state index in [2.05, 4.69) is 20.4 Å². The number of alkyl halides is 2. The molecule has 0 amide bonds. The van der Waals surface area contributed by atoms with Crippen molar-refractivity contribution in [3.8, 4) is 11.1 Å². The molecule has 2 aromatic carbocycles. The largest absolute Gasteiger partial charge is 0.298 e. The molecule has 0 N–H and O–H groups in total. The first-order valence-electron chi connectivity index (χ1n) is 9.10. The van der Waals surface area contributed by atoms with Gasteiger partial charge in [0, 0.05) is 17.8 Å². The van der Waals surface area contributed by atoms with Crippen molar-refractivity contribution in [2.24, 2.45) is 0 Å². The van der Waals surface area contributed by atoms with Crippen LogP contribution in [0.25, 0.3) is 11.1 Å². The zero-order valence-electron chi connectivity index (χ0n) is 15.8. The SMILES string of the molecule is Fc1cccc(-c2ccc(C(F)(F)C(Cn3ncnn3)c3ccc(F)cc3F)nc2)c1. The molecule has 0 aliphatic rings. The number of aromatic nitrogens is 5. The fraction of sp³-hybridized carbons (Fsp3) is 0.143. The van der Waals surface area contributed by atoms with E-state index in [1.165, 1.54) is 30.5 Å². The van der Waals surface area contributed by atoms with E-state index in [4.69, 9.17) is 0 Å². The van der Waals surface area contributed by atoms with Crippen LogP contribution in [0, 0.1) is 17.5 Å². The maximum Gasteiger partial charge on any atom is 0.298 e. The Morgan fingerprint density at radius 1 is 0.903 bits per heavy atom. The first-order valence-corrected chi connectivity index (χ1v) is 9.10. The third kappa shape index (κ3) is 4.27. The van der Waals surface area contributed by atoms with E-state index in [0.29, 0.717) is 17.2 Å². The average molecular weight is 431 g/mol. The Balaban J connectivity index is 1.72. The Bertz CT molecular complexity index is 1180. The average Bonchev–Trinajstić information content (AvgIpc) is 3.26. The van der Waals surface area contributed by atoms with Gasteiger partial charge in [0.15, 0.2) is 6.33 Å². The minimum absolute atomic E-state index is 0.417. The summed E-state index contributed by atoms with van der Waals surface area (Å²) >= 11 is 0. The first kappa shape index (κ1) is 20.6. The van der Waals surface area contributed by atoms with Gasteiger partial charge in [0.05, 0.1) is 12.5 Å². The smallest absolute Gasteiger partial charge is 0.254 e. The first-order chi connectivity index (χ1) is 14.8. The predicted molar refractivity (Wildman–Crippen MR) is 100 cm³/mol. The van der Waals surface area contributed by atoms with Crippen LogP contribution in [0.5, 0.6) is 0 Å². The van der Waals surface area contributed by atoms with Crippen molar-refractivity contribution in [3.63, 3.8) is 0 Å². The van der Waals surface area contributed by atoms with Gasteiger partial charge in [-0.15, -0.1) is 10.2 Å². The Hall–Kier alpha value is -3.69. The van der Waals surface area contributed by atoms with E-state index < -0.39 is 47.1 Å². The molecule has 0 radical (unpaired) electrons. The van der Waals surface area contributed by atoms with Gasteiger partial charge in [0.2, 0.25) is 0 Å². The molecule has 0 spiro atoms. The molecule has 158 valence electrons. The second-order valence-corrected chi connectivity index (χ2v) is 6.77. The van der Waals surface area contributed by atoms with Crippen LogP contribution in [-0.4, -0.2) is 25.2 Å². The van der Waals surface area contributed by atoms with Crippen molar-refractivity contribution >= 4 is 0 Å². The third-order valence-corrected chi connectivity index (χ3v) is 4.78. The quantitative estimate of drug-likeness (QED) is 0.415. The van der Waals surface area contributed by atoms with Crippen molar-refractivity contribution in [2.75, 3.05) is 0 Å². The standard InChI is InChI=1S/C21H14F5N5/c22-15-3-1-2-13(8-15)14-4-7-20(27-10-14)21(25,26)18(11-31-29-12-28-30-31)17-6-5-16(23)9-19(17)24/h1-10,12,18H,11H2. The van der Waals surface area contributed by atoms with Crippen LogP contribution in [0.2, 0.25) is 0 Å². The summed E-state index contributed by atoms with van der Waals surface area (Å²) in [5.41, 5.74) is -0.155. The number of benzene rings is 2. The molecular weight excluding hydrogens is 417 g/mol. The molecule has 1 unspecified atom stereocenters. The number of nitrogens with zero attached hydrogens (tertiary/aromatic N) is 5. The highest BCUT2D eigenvalue weighted by Gasteiger charge is 2.45. The molecule has 2 aromatic heterocycles. The topological polar surface area (TPSA) is 56.5 Å². The van der Waals surface area contributed by atoms with Gasteiger partial charge in [0.1, 0.15) is 23.1 Å². The van der Waals surface area contributed by atoms with E-state index in [0.717, 1.165) is 29.3 Å². The Kier molecular flexibility index (Phi) is 5.45. The molecular formula is C21H14F5N5. The molecule has 1 atom stereocenters. The number of tetrazole rings is 1. The minimum Gasteiger partial charge on any atom is -0.254 e. The number of hydrogen-bond acceptors (Lipinski definition) is 4. The third-order valence-electron chi connectivity index (χ3n) is 4.78. The molecule has 0 saturated heterocycles.